The summed E-state index contributed by atoms with van der Waals surface area (Å²) in [4.78, 5) is 16.3. The highest BCUT2D eigenvalue weighted by Gasteiger charge is 2.43. The second kappa shape index (κ2) is 5.91. The Morgan fingerprint density at radius 2 is 2.19 bits per heavy atom. The number of oxazole rings is 1. The van der Waals surface area contributed by atoms with Gasteiger partial charge in [-0.15, -0.1) is 0 Å². The predicted molar refractivity (Wildman–Crippen MR) is 80.7 cm³/mol. The first-order chi connectivity index (χ1) is 10.2. The summed E-state index contributed by atoms with van der Waals surface area (Å²) in [7, 11) is 0. The van der Waals surface area contributed by atoms with Crippen LogP contribution in [0, 0.1) is 0 Å². The second-order valence-electron chi connectivity index (χ2n) is 5.14. The molecule has 5 nitrogen and oxygen atoms in total. The molecule has 0 aliphatic heterocycles. The third-order valence-electron chi connectivity index (χ3n) is 3.54. The van der Waals surface area contributed by atoms with Gasteiger partial charge in [-0.3, -0.25) is 10.1 Å². The van der Waals surface area contributed by atoms with Crippen molar-refractivity contribution < 1.29 is 9.21 Å². The lowest BCUT2D eigenvalue weighted by molar-refractivity contribution is -0.124. The number of rotatable bonds is 7. The summed E-state index contributed by atoms with van der Waals surface area (Å²) in [5.41, 5.74) is 5.73. The van der Waals surface area contributed by atoms with Crippen molar-refractivity contribution in [3.05, 3.63) is 48.4 Å². The molecule has 1 aromatic heterocycles. The van der Waals surface area contributed by atoms with Crippen molar-refractivity contribution in [2.24, 2.45) is 5.73 Å². The number of nitrogens with one attached hydrogen (secondary N) is 1. The van der Waals surface area contributed by atoms with Crippen LogP contribution < -0.4 is 11.1 Å². The van der Waals surface area contributed by atoms with Crippen LogP contribution in [-0.4, -0.2) is 22.7 Å². The van der Waals surface area contributed by atoms with Gasteiger partial charge < -0.3 is 10.2 Å². The SMILES string of the molecule is NC(=O)C(CSc1ncco1)(NC1CC1)c1ccccc1. The minimum absolute atomic E-state index is 0.350. The zero-order valence-electron chi connectivity index (χ0n) is 11.5. The number of nitrogens with zero attached hydrogens (tertiary/aromatic N) is 1. The second-order valence-corrected chi connectivity index (χ2v) is 6.07. The average molecular weight is 303 g/mol. The predicted octanol–water partition coefficient (Wildman–Crippen LogP) is 1.90. The zero-order chi connectivity index (χ0) is 14.7. The summed E-state index contributed by atoms with van der Waals surface area (Å²) in [6, 6.07) is 9.96. The fourth-order valence-corrected chi connectivity index (χ4v) is 3.23. The molecule has 0 bridgehead atoms. The molecule has 0 radical (unpaired) electrons. The van der Waals surface area contributed by atoms with Gasteiger partial charge in [0.2, 0.25) is 5.91 Å². The third kappa shape index (κ3) is 3.11. The molecular formula is C15H17N3O2S. The molecule has 1 aromatic carbocycles. The minimum Gasteiger partial charge on any atom is -0.440 e. The first kappa shape index (κ1) is 14.2. The first-order valence-corrected chi connectivity index (χ1v) is 7.85. The summed E-state index contributed by atoms with van der Waals surface area (Å²) in [5, 5.41) is 3.95. The highest BCUT2D eigenvalue weighted by molar-refractivity contribution is 7.99. The largest absolute Gasteiger partial charge is 0.440 e. The number of carbonyl (C=O) groups is 1. The van der Waals surface area contributed by atoms with Crippen molar-refractivity contribution in [1.82, 2.24) is 10.3 Å². The third-order valence-corrected chi connectivity index (χ3v) is 4.56. The van der Waals surface area contributed by atoms with E-state index in [-0.39, 0.29) is 5.91 Å². The van der Waals surface area contributed by atoms with Crippen molar-refractivity contribution in [2.45, 2.75) is 29.6 Å². The van der Waals surface area contributed by atoms with E-state index in [9.17, 15) is 4.79 Å². The monoisotopic (exact) mass is 303 g/mol. The Labute approximate surface area is 127 Å². The Morgan fingerprint density at radius 3 is 2.76 bits per heavy atom. The number of aromatic nitrogens is 1. The molecule has 1 aliphatic carbocycles. The summed E-state index contributed by atoms with van der Waals surface area (Å²) >= 11 is 1.39. The number of carbonyl (C=O) groups excluding carboxylic acids is 1. The van der Waals surface area contributed by atoms with Crippen LogP contribution >= 0.6 is 11.8 Å². The molecule has 0 saturated heterocycles. The molecule has 1 aliphatic rings. The number of hydrogen-bond acceptors (Lipinski definition) is 5. The zero-order valence-corrected chi connectivity index (χ0v) is 12.3. The molecule has 1 fully saturated rings. The topological polar surface area (TPSA) is 81.2 Å². The number of thioether (sulfide) groups is 1. The molecule has 110 valence electrons. The molecule has 3 N–H and O–H groups in total. The van der Waals surface area contributed by atoms with E-state index in [1.165, 1.54) is 18.0 Å². The van der Waals surface area contributed by atoms with Crippen LogP contribution in [-0.2, 0) is 10.3 Å². The van der Waals surface area contributed by atoms with Gasteiger partial charge in [-0.1, -0.05) is 42.1 Å². The highest BCUT2D eigenvalue weighted by atomic mass is 32.2. The molecular weight excluding hydrogens is 286 g/mol. The van der Waals surface area contributed by atoms with Gasteiger partial charge >= 0.3 is 0 Å². The van der Waals surface area contributed by atoms with Crippen molar-refractivity contribution in [3.63, 3.8) is 0 Å². The van der Waals surface area contributed by atoms with Crippen LogP contribution in [0.2, 0.25) is 0 Å². The van der Waals surface area contributed by atoms with E-state index in [0.717, 1.165) is 18.4 Å². The van der Waals surface area contributed by atoms with Gasteiger partial charge in [0.05, 0.1) is 6.20 Å². The van der Waals surface area contributed by atoms with Crippen molar-refractivity contribution in [1.29, 1.82) is 0 Å². The van der Waals surface area contributed by atoms with Crippen molar-refractivity contribution >= 4 is 17.7 Å². The van der Waals surface area contributed by atoms with Crippen molar-refractivity contribution in [2.75, 3.05) is 5.75 Å². The van der Waals surface area contributed by atoms with Gasteiger partial charge in [0.15, 0.2) is 0 Å². The van der Waals surface area contributed by atoms with Gasteiger partial charge in [-0.05, 0) is 18.4 Å². The van der Waals surface area contributed by atoms with Crippen LogP contribution in [0.25, 0.3) is 0 Å². The first-order valence-electron chi connectivity index (χ1n) is 6.86. The number of hydrogen-bond donors (Lipinski definition) is 2. The highest BCUT2D eigenvalue weighted by Crippen LogP contribution is 2.33. The molecule has 1 amide bonds. The van der Waals surface area contributed by atoms with Gasteiger partial charge in [-0.2, -0.15) is 0 Å². The molecule has 6 heteroatoms. The maximum atomic E-state index is 12.2. The van der Waals surface area contributed by atoms with Gasteiger partial charge in [0.1, 0.15) is 11.8 Å². The molecule has 0 spiro atoms. The molecule has 3 rings (SSSR count). The Morgan fingerprint density at radius 1 is 1.43 bits per heavy atom. The normalized spacial score (nSPS) is 17.3. The van der Waals surface area contributed by atoms with Crippen LogP contribution in [0.15, 0.2) is 52.4 Å². The maximum absolute atomic E-state index is 12.2. The smallest absolute Gasteiger partial charge is 0.255 e. The Hall–Kier alpha value is -1.79. The summed E-state index contributed by atoms with van der Waals surface area (Å²) in [6.45, 7) is 0. The molecule has 1 saturated carbocycles. The maximum Gasteiger partial charge on any atom is 0.255 e. The quantitative estimate of drug-likeness (QED) is 0.764. The average Bonchev–Trinajstić information content (AvgIpc) is 3.16. The van der Waals surface area contributed by atoms with E-state index < -0.39 is 5.54 Å². The van der Waals surface area contributed by atoms with E-state index in [2.05, 4.69) is 10.3 Å². The molecule has 1 unspecified atom stereocenters. The lowest BCUT2D eigenvalue weighted by atomic mass is 9.91. The van der Waals surface area contributed by atoms with E-state index in [1.807, 2.05) is 30.3 Å². The Kier molecular flexibility index (Phi) is 3.98. The number of nitrogens with two attached hydrogens (primary N) is 1. The van der Waals surface area contributed by atoms with E-state index >= 15 is 0 Å². The fraction of sp³-hybridized carbons (Fsp3) is 0.333. The molecule has 2 aromatic rings. The number of primary amides is 1. The van der Waals surface area contributed by atoms with E-state index in [0.29, 0.717) is 17.0 Å². The Bertz CT molecular complexity index is 599. The molecule has 1 atom stereocenters. The lowest BCUT2D eigenvalue weighted by Crippen LogP contribution is -2.55. The molecule has 1 heterocycles. The van der Waals surface area contributed by atoms with Gasteiger partial charge in [0.25, 0.3) is 5.22 Å². The summed E-state index contributed by atoms with van der Waals surface area (Å²) < 4.78 is 5.24. The number of benzene rings is 1. The van der Waals surface area contributed by atoms with Gasteiger partial charge in [0, 0.05) is 11.8 Å². The minimum atomic E-state index is -0.901. The van der Waals surface area contributed by atoms with Crippen molar-refractivity contribution in [3.8, 4) is 0 Å². The van der Waals surface area contributed by atoms with Crippen LogP contribution in [0.5, 0.6) is 0 Å². The van der Waals surface area contributed by atoms with Crippen LogP contribution in [0.4, 0.5) is 0 Å². The summed E-state index contributed by atoms with van der Waals surface area (Å²) in [5.74, 6) is 0.0725. The fourth-order valence-electron chi connectivity index (χ4n) is 2.24. The lowest BCUT2D eigenvalue weighted by Gasteiger charge is -2.32. The standard InChI is InChI=1S/C15H17N3O2S/c16-13(19)15(18-12-6-7-12,11-4-2-1-3-5-11)10-21-14-17-8-9-20-14/h1-5,8-9,12,18H,6-7,10H2,(H2,16,19). The van der Waals surface area contributed by atoms with E-state index in [4.69, 9.17) is 10.2 Å². The summed E-state index contributed by atoms with van der Waals surface area (Å²) in [6.07, 6.45) is 5.26. The van der Waals surface area contributed by atoms with Crippen LogP contribution in [0.1, 0.15) is 18.4 Å². The van der Waals surface area contributed by atoms with Gasteiger partial charge in [-0.25, -0.2) is 4.98 Å². The van der Waals surface area contributed by atoms with E-state index in [1.54, 1.807) is 6.20 Å². The molecule has 21 heavy (non-hydrogen) atoms. The Balaban J connectivity index is 1.89. The number of amides is 1. The van der Waals surface area contributed by atoms with Crippen LogP contribution in [0.3, 0.4) is 0 Å².